The normalized spacial score (nSPS) is 12.1. The zero-order valence-corrected chi connectivity index (χ0v) is 63.7. The van der Waals surface area contributed by atoms with E-state index in [1.165, 1.54) is 257 Å². The first-order valence-electron chi connectivity index (χ1n) is 30.8. The molecule has 0 aliphatic heterocycles. The van der Waals surface area contributed by atoms with Gasteiger partial charge in [0.25, 0.3) is 0 Å². The number of rotatable bonds is 30. The smallest absolute Gasteiger partial charge is 0.0893 e. The molecule has 0 atom stereocenters. The average molecular weight is 1530 g/mol. The Labute approximate surface area is 551 Å². The summed E-state index contributed by atoms with van der Waals surface area (Å²) in [7, 11) is -1.00. The molecule has 0 fully saturated rings. The third kappa shape index (κ3) is 19.2. The number of unbranched alkanes of at least 4 members (excludes halogenated alkanes) is 21. The van der Waals surface area contributed by atoms with E-state index in [1.54, 1.807) is 17.5 Å². The van der Waals surface area contributed by atoms with Crippen LogP contribution in [0.3, 0.4) is 0 Å². The van der Waals surface area contributed by atoms with E-state index in [1.807, 2.05) is 113 Å². The second-order valence-electron chi connectivity index (χ2n) is 22.6. The van der Waals surface area contributed by atoms with Gasteiger partial charge in [0.05, 0.1) is 51.0 Å². The van der Waals surface area contributed by atoms with E-state index in [4.69, 9.17) is 1.37 Å². The van der Waals surface area contributed by atoms with E-state index < -0.39 is 25.5 Å². The van der Waals surface area contributed by atoms with Crippen molar-refractivity contribution in [3.63, 3.8) is 0 Å². The molecule has 0 aromatic carbocycles. The predicted molar refractivity (Wildman–Crippen MR) is 396 cm³/mol. The van der Waals surface area contributed by atoms with Crippen LogP contribution in [0.15, 0.2) is 68.2 Å². The molecule has 0 saturated carbocycles. The summed E-state index contributed by atoms with van der Waals surface area (Å²) in [5.41, 5.74) is 0. The zero-order chi connectivity index (χ0) is 57.8. The van der Waals surface area contributed by atoms with Gasteiger partial charge in [0.1, 0.15) is 0 Å². The largest absolute Gasteiger partial charge is 0.255 e. The number of hydrogen-bond acceptors (Lipinski definition) is 11. The van der Waals surface area contributed by atoms with Gasteiger partial charge in [-0.3, -0.25) is 4.39 Å². The van der Waals surface area contributed by atoms with Crippen molar-refractivity contribution < 1.29 is 5.76 Å². The minimum Gasteiger partial charge on any atom is -0.255 e. The van der Waals surface area contributed by atoms with Crippen LogP contribution in [0.2, 0.25) is 14.8 Å². The summed E-state index contributed by atoms with van der Waals surface area (Å²) >= 11 is 27.1. The van der Waals surface area contributed by atoms with Gasteiger partial charge in [-0.25, -0.2) is 0 Å². The molecule has 0 saturated heterocycles. The predicted octanol–water partition coefficient (Wildman–Crippen LogP) is 29.7. The molecule has 0 unspecified atom stereocenters. The third-order valence-electron chi connectivity index (χ3n) is 14.9. The van der Waals surface area contributed by atoms with Gasteiger partial charge in [-0.1, -0.05) is 111 Å². The Morgan fingerprint density at radius 1 is 0.358 bits per heavy atom. The molecule has 0 radical (unpaired) electrons. The first-order chi connectivity index (χ1) is 39.9. The van der Waals surface area contributed by atoms with Gasteiger partial charge in [-0.15, -0.1) is 113 Å². The Kier molecular flexibility index (Phi) is 28.0. The van der Waals surface area contributed by atoms with Crippen LogP contribution in [0, 0.1) is 0 Å². The third-order valence-corrected chi connectivity index (χ3v) is 39.4. The maximum absolute atomic E-state index is 9.96. The molecule has 15 heteroatoms. The number of aryl methyl sites for hydroxylation is 3. The SMILES string of the molecule is Brc1cc2c(s1)sc1c3cc(Br)sc3sc21.CCCCCCCCCCc1cc[c]([Sn]([CH3])([CH3])[CH3])s1.CCCCCCCCCCc1ccc(-c2cc3c(s2)sc2c4cc(-c5ccc(CCCCCCCCCC)s5)sc4sc32)s1.[2H]CF. The Bertz CT molecular complexity index is 3370. The first-order valence-corrected chi connectivity index (χ1v) is 50.7. The molecule has 0 aliphatic rings. The maximum Gasteiger partial charge on any atom is 0.0893 e. The van der Waals surface area contributed by atoms with E-state index in [9.17, 15) is 4.39 Å². The van der Waals surface area contributed by atoms with Gasteiger partial charge in [0.2, 0.25) is 0 Å². The van der Waals surface area contributed by atoms with E-state index >= 15 is 0 Å². The number of thiophene rings is 11. The maximum atomic E-state index is 9.96. The molecule has 11 aromatic rings. The fourth-order valence-electron chi connectivity index (χ4n) is 10.4. The standard InChI is InChI=1S/C38H48S6.C14H23S.C10H2Br2S4.CH3F.3CH3.Sn/c1-3-5-7-9-11-13-15-17-19-27-21-23-31(39-27)33-25-29-35-36(43-37(29)41-33)30-26-34(42-38(30)44-35)32-24-22-28(40-32)20-18-16-14-12-10-8-6-4-2;1-2-3-4-5-6-7-8-9-11-14-12-10-13-15-14;11-5-1-3-7-8(16-9(3)13-5)4-2-6(12)14-10(4)15-7;1-2;;;;/h21-26H,3-20H2,1-2H3;10,12H,2-9,11H2,1H3;1-2H;1H3;3*1H3;/i;;;1D;;;;. The number of alkyl halides is 1. The molecule has 0 spiro atoms. The van der Waals surface area contributed by atoms with E-state index in [2.05, 4.69) is 139 Å². The van der Waals surface area contributed by atoms with Crippen molar-refractivity contribution in [2.45, 2.75) is 209 Å². The van der Waals surface area contributed by atoms with Crippen molar-refractivity contribution >= 4 is 234 Å². The molecule has 81 heavy (non-hydrogen) atoms. The summed E-state index contributed by atoms with van der Waals surface area (Å²) in [5.74, 6) is 0. The quantitative estimate of drug-likeness (QED) is 0.0311. The monoisotopic (exact) mass is 1530 g/mol. The fraction of sp³-hybridized carbons (Fsp3) is 0.515. The summed E-state index contributed by atoms with van der Waals surface area (Å²) in [6.45, 7) is 6.89. The first kappa shape index (κ1) is 65.4. The Hall–Kier alpha value is -0.0513. The summed E-state index contributed by atoms with van der Waals surface area (Å²) in [6, 6.07) is 23.8. The van der Waals surface area contributed by atoms with Gasteiger partial charge >= 0.3 is 122 Å². The zero-order valence-electron chi connectivity index (χ0n) is 49.7. The van der Waals surface area contributed by atoms with Crippen LogP contribution in [0.5, 0.6) is 0 Å². The summed E-state index contributed by atoms with van der Waals surface area (Å²) in [5, 5.41) is 5.81. The molecular weight excluding hydrogens is 1440 g/mol. The van der Waals surface area contributed by atoms with Gasteiger partial charge in [-0.2, -0.15) is 0 Å². The summed E-state index contributed by atoms with van der Waals surface area (Å²) in [6.07, 6.45) is 37.6. The van der Waals surface area contributed by atoms with Crippen LogP contribution in [-0.2, 0) is 19.3 Å². The second-order valence-corrected chi connectivity index (χ2v) is 53.6. The molecular formula is C66H85Br2FS11Sn. The van der Waals surface area contributed by atoms with Crippen LogP contribution < -0.4 is 2.89 Å². The molecule has 11 rings (SSSR count). The summed E-state index contributed by atoms with van der Waals surface area (Å²) < 4.78 is 31.5. The van der Waals surface area contributed by atoms with Crippen molar-refractivity contribution in [3.8, 4) is 19.5 Å². The van der Waals surface area contributed by atoms with Gasteiger partial charge in [-0.05, 0) is 106 Å². The molecule has 11 heterocycles. The van der Waals surface area contributed by atoms with Gasteiger partial charge in [0, 0.05) is 50.8 Å². The van der Waals surface area contributed by atoms with Crippen molar-refractivity contribution in [2.24, 2.45) is 0 Å². The van der Waals surface area contributed by atoms with Gasteiger partial charge < -0.3 is 0 Å². The Morgan fingerprint density at radius 2 is 0.654 bits per heavy atom. The van der Waals surface area contributed by atoms with E-state index in [0.29, 0.717) is 0 Å². The molecule has 0 N–H and O–H groups in total. The van der Waals surface area contributed by atoms with Crippen molar-refractivity contribution in [3.05, 3.63) is 82.9 Å². The van der Waals surface area contributed by atoms with Crippen LogP contribution in [0.25, 0.3) is 75.9 Å². The molecule has 0 nitrogen and oxygen atoms in total. The van der Waals surface area contributed by atoms with Crippen LogP contribution in [-0.4, -0.2) is 25.5 Å². The van der Waals surface area contributed by atoms with Crippen LogP contribution >= 0.6 is 157 Å². The van der Waals surface area contributed by atoms with Crippen LogP contribution in [0.1, 0.15) is 191 Å². The fourth-order valence-corrected chi connectivity index (χ4v) is 31.8. The molecule has 0 bridgehead atoms. The molecule has 11 aromatic heterocycles. The minimum absolute atomic E-state index is 1.00. The summed E-state index contributed by atoms with van der Waals surface area (Å²) in [4.78, 5) is 18.1. The van der Waals surface area contributed by atoms with Crippen molar-refractivity contribution in [1.82, 2.24) is 0 Å². The van der Waals surface area contributed by atoms with Crippen molar-refractivity contribution in [1.29, 1.82) is 0 Å². The number of halogens is 3. The van der Waals surface area contributed by atoms with E-state index in [0.717, 1.165) is 0 Å². The molecule has 0 amide bonds. The Balaban J connectivity index is 0.000000188. The number of hydrogen-bond donors (Lipinski definition) is 0. The minimum atomic E-state index is -1.78. The topological polar surface area (TPSA) is 0 Å². The van der Waals surface area contributed by atoms with Gasteiger partial charge in [0.15, 0.2) is 0 Å². The van der Waals surface area contributed by atoms with E-state index in [-0.39, 0.29) is 0 Å². The number of fused-ring (bicyclic) bond motifs is 10. The molecule has 440 valence electrons. The van der Waals surface area contributed by atoms with Crippen molar-refractivity contribution in [2.75, 3.05) is 7.15 Å². The Morgan fingerprint density at radius 3 is 0.988 bits per heavy atom. The molecule has 0 aliphatic carbocycles. The van der Waals surface area contributed by atoms with Crippen LogP contribution in [0.4, 0.5) is 4.39 Å². The average Bonchev–Trinajstić information content (AvgIpc) is 2.34. The second kappa shape index (κ2) is 34.6.